The van der Waals surface area contributed by atoms with Crippen LogP contribution in [0.25, 0.3) is 11.3 Å². The fraction of sp³-hybridized carbons (Fsp3) is 0.474. The maximum atomic E-state index is 6.35. The van der Waals surface area contributed by atoms with Crippen molar-refractivity contribution in [1.82, 2.24) is 5.06 Å². The van der Waals surface area contributed by atoms with E-state index in [9.17, 15) is 0 Å². The molecule has 0 saturated carbocycles. The van der Waals surface area contributed by atoms with Crippen LogP contribution in [0.3, 0.4) is 0 Å². The number of hydrogen-bond donors (Lipinski definition) is 0. The Kier molecular flexibility index (Phi) is 4.19. The Morgan fingerprint density at radius 1 is 1.00 bits per heavy atom. The van der Waals surface area contributed by atoms with Crippen LogP contribution in [-0.2, 0) is 0 Å². The fourth-order valence-corrected chi connectivity index (χ4v) is 3.63. The van der Waals surface area contributed by atoms with E-state index in [0.29, 0.717) is 5.02 Å². The van der Waals surface area contributed by atoms with Crippen molar-refractivity contribution < 1.29 is 9.25 Å². The van der Waals surface area contributed by atoms with E-state index < -0.39 is 0 Å². The van der Waals surface area contributed by atoms with E-state index in [2.05, 4.69) is 32.8 Å². The number of benzene rings is 1. The first-order valence-corrected chi connectivity index (χ1v) is 8.49. The van der Waals surface area contributed by atoms with Crippen LogP contribution in [0.2, 0.25) is 5.02 Å². The quantitative estimate of drug-likeness (QED) is 0.695. The van der Waals surface area contributed by atoms with Gasteiger partial charge in [0.1, 0.15) is 0 Å². The Balaban J connectivity index is 1.91. The first-order chi connectivity index (χ1) is 10.8. The second kappa shape index (κ2) is 5.88. The van der Waals surface area contributed by atoms with Crippen molar-refractivity contribution in [3.05, 3.63) is 41.6 Å². The summed E-state index contributed by atoms with van der Waals surface area (Å²) >= 11 is 5.97. The Morgan fingerprint density at radius 2 is 1.61 bits per heavy atom. The Morgan fingerprint density at radius 3 is 2.22 bits per heavy atom. The van der Waals surface area contributed by atoms with E-state index in [1.165, 1.54) is 6.42 Å². The lowest BCUT2D eigenvalue weighted by Crippen LogP contribution is -2.59. The van der Waals surface area contributed by atoms with E-state index in [-0.39, 0.29) is 11.1 Å². The van der Waals surface area contributed by atoms with Gasteiger partial charge in [-0.15, -0.1) is 5.06 Å². The summed E-state index contributed by atoms with van der Waals surface area (Å²) in [4.78, 5) is 6.35. The maximum absolute atomic E-state index is 6.35. The third kappa shape index (κ3) is 3.26. The zero-order valence-electron chi connectivity index (χ0n) is 14.2. The summed E-state index contributed by atoms with van der Waals surface area (Å²) in [6, 6.07) is 9.49. The third-order valence-electron chi connectivity index (χ3n) is 4.60. The van der Waals surface area contributed by atoms with Crippen molar-refractivity contribution in [1.29, 1.82) is 0 Å². The summed E-state index contributed by atoms with van der Waals surface area (Å²) in [6.07, 6.45) is 5.12. The monoisotopic (exact) mass is 333 g/mol. The van der Waals surface area contributed by atoms with E-state index in [4.69, 9.17) is 20.9 Å². The molecule has 0 radical (unpaired) electrons. The molecule has 1 saturated heterocycles. The van der Waals surface area contributed by atoms with Crippen molar-refractivity contribution in [2.75, 3.05) is 0 Å². The van der Waals surface area contributed by atoms with E-state index >= 15 is 0 Å². The molecule has 4 heteroatoms. The first-order valence-electron chi connectivity index (χ1n) is 8.11. The van der Waals surface area contributed by atoms with Gasteiger partial charge in [0.15, 0.2) is 11.5 Å². The van der Waals surface area contributed by atoms with Gasteiger partial charge in [-0.1, -0.05) is 11.6 Å². The normalized spacial score (nSPS) is 20.4. The standard InChI is InChI=1S/C19H24ClNO2/c1-18(2)11-5-12-19(3,4)21(18)23-16-10-13-22-17(16)14-6-8-15(20)9-7-14/h6-10,13H,5,11-12H2,1-4H3. The van der Waals surface area contributed by atoms with Crippen molar-refractivity contribution in [2.24, 2.45) is 0 Å². The van der Waals surface area contributed by atoms with Gasteiger partial charge < -0.3 is 9.25 Å². The minimum absolute atomic E-state index is 0.0176. The number of hydrogen-bond acceptors (Lipinski definition) is 3. The summed E-state index contributed by atoms with van der Waals surface area (Å²) in [5, 5.41) is 2.84. The van der Waals surface area contributed by atoms with E-state index in [0.717, 1.165) is 29.9 Å². The molecule has 2 aromatic rings. The second-order valence-electron chi connectivity index (χ2n) is 7.48. The zero-order valence-corrected chi connectivity index (χ0v) is 15.0. The SMILES string of the molecule is CC1(C)CCCC(C)(C)N1Oc1ccoc1-c1ccc(Cl)cc1. The molecule has 1 aromatic heterocycles. The van der Waals surface area contributed by atoms with Gasteiger partial charge in [-0.2, -0.15) is 0 Å². The molecule has 0 unspecified atom stereocenters. The number of halogens is 1. The average Bonchev–Trinajstić information content (AvgIpc) is 2.92. The molecule has 2 heterocycles. The maximum Gasteiger partial charge on any atom is 0.193 e. The molecule has 1 fully saturated rings. The van der Waals surface area contributed by atoms with Gasteiger partial charge in [0, 0.05) is 16.7 Å². The third-order valence-corrected chi connectivity index (χ3v) is 4.85. The van der Waals surface area contributed by atoms with Gasteiger partial charge in [0.25, 0.3) is 0 Å². The van der Waals surface area contributed by atoms with Crippen LogP contribution in [0.1, 0.15) is 47.0 Å². The van der Waals surface area contributed by atoms with Gasteiger partial charge in [0.05, 0.1) is 17.3 Å². The zero-order chi connectivity index (χ0) is 16.7. The molecule has 0 N–H and O–H groups in total. The molecule has 3 rings (SSSR count). The van der Waals surface area contributed by atoms with Gasteiger partial charge in [-0.25, -0.2) is 0 Å². The molecule has 0 bridgehead atoms. The molecule has 1 aliphatic rings. The van der Waals surface area contributed by atoms with Gasteiger partial charge in [-0.05, 0) is 71.2 Å². The first kappa shape index (κ1) is 16.4. The average molecular weight is 334 g/mol. The van der Waals surface area contributed by atoms with Crippen LogP contribution in [0.4, 0.5) is 0 Å². The summed E-state index contributed by atoms with van der Waals surface area (Å²) in [7, 11) is 0. The minimum atomic E-state index is -0.0176. The fourth-order valence-electron chi connectivity index (χ4n) is 3.50. The summed E-state index contributed by atoms with van der Waals surface area (Å²) in [5.74, 6) is 1.48. The molecule has 0 atom stereocenters. The molecule has 0 amide bonds. The van der Waals surface area contributed by atoms with Crippen molar-refractivity contribution >= 4 is 11.6 Å². The molecule has 124 valence electrons. The van der Waals surface area contributed by atoms with Crippen LogP contribution in [-0.4, -0.2) is 16.1 Å². The topological polar surface area (TPSA) is 25.6 Å². The van der Waals surface area contributed by atoms with Crippen LogP contribution >= 0.6 is 11.6 Å². The lowest BCUT2D eigenvalue weighted by atomic mass is 9.82. The van der Waals surface area contributed by atoms with Gasteiger partial charge >= 0.3 is 0 Å². The molecule has 0 spiro atoms. The number of piperidine rings is 1. The smallest absolute Gasteiger partial charge is 0.193 e. The van der Waals surface area contributed by atoms with Gasteiger partial charge in [0.2, 0.25) is 0 Å². The molecule has 23 heavy (non-hydrogen) atoms. The molecule has 1 aliphatic heterocycles. The number of nitrogens with zero attached hydrogens (tertiary/aromatic N) is 1. The van der Waals surface area contributed by atoms with Crippen LogP contribution in [0, 0.1) is 0 Å². The molecule has 3 nitrogen and oxygen atoms in total. The number of hydroxylamine groups is 2. The summed E-state index contributed by atoms with van der Waals surface area (Å²) < 4.78 is 5.67. The summed E-state index contributed by atoms with van der Waals surface area (Å²) in [5.41, 5.74) is 0.925. The van der Waals surface area contributed by atoms with E-state index in [1.54, 1.807) is 6.26 Å². The predicted molar refractivity (Wildman–Crippen MR) is 93.6 cm³/mol. The lowest BCUT2D eigenvalue weighted by molar-refractivity contribution is -0.216. The van der Waals surface area contributed by atoms with Crippen LogP contribution in [0.5, 0.6) is 5.75 Å². The molecule has 0 aliphatic carbocycles. The van der Waals surface area contributed by atoms with Crippen LogP contribution < -0.4 is 4.84 Å². The highest BCUT2D eigenvalue weighted by molar-refractivity contribution is 6.30. The highest BCUT2D eigenvalue weighted by Crippen LogP contribution is 2.41. The lowest BCUT2D eigenvalue weighted by Gasteiger charge is -2.50. The highest BCUT2D eigenvalue weighted by atomic mass is 35.5. The number of furan rings is 1. The second-order valence-corrected chi connectivity index (χ2v) is 7.92. The van der Waals surface area contributed by atoms with Crippen molar-refractivity contribution in [2.45, 2.75) is 58.0 Å². The van der Waals surface area contributed by atoms with Crippen molar-refractivity contribution in [3.63, 3.8) is 0 Å². The van der Waals surface area contributed by atoms with Crippen molar-refractivity contribution in [3.8, 4) is 17.1 Å². The minimum Gasteiger partial charge on any atom is -0.460 e. The predicted octanol–water partition coefficient (Wildman–Crippen LogP) is 5.94. The molecular weight excluding hydrogens is 310 g/mol. The highest BCUT2D eigenvalue weighted by Gasteiger charge is 2.44. The molecule has 1 aromatic carbocycles. The molecular formula is C19H24ClNO2. The van der Waals surface area contributed by atoms with Crippen LogP contribution in [0.15, 0.2) is 41.0 Å². The van der Waals surface area contributed by atoms with E-state index in [1.807, 2.05) is 30.3 Å². The Labute approximate surface area is 143 Å². The van der Waals surface area contributed by atoms with Gasteiger partial charge in [-0.3, -0.25) is 0 Å². The summed E-state index contributed by atoms with van der Waals surface area (Å²) in [6.45, 7) is 8.93. The number of rotatable bonds is 3. The Bertz CT molecular complexity index is 657. The Hall–Kier alpha value is -1.45. The largest absolute Gasteiger partial charge is 0.460 e.